The average molecular weight is 425 g/mol. The highest BCUT2D eigenvalue weighted by molar-refractivity contribution is 6.03. The van der Waals surface area contributed by atoms with Crippen LogP contribution in [0.2, 0.25) is 0 Å². The van der Waals surface area contributed by atoms with Gasteiger partial charge in [-0.05, 0) is 42.0 Å². The summed E-state index contributed by atoms with van der Waals surface area (Å²) in [6, 6.07) is 11.2. The van der Waals surface area contributed by atoms with Crippen molar-refractivity contribution in [3.8, 4) is 5.75 Å². The standard InChI is InChI=1S/C23H27N3O5/c1-28-18-6-4-17(5-7-18)19-15-20(21-3-2-12-29-21)26(24-19)22(27)16-25-10-8-23(9-11-25)30-13-14-31-23/h2-7,12,20H,8-11,13-16H2,1H3. The van der Waals surface area contributed by atoms with Crippen LogP contribution < -0.4 is 4.74 Å². The van der Waals surface area contributed by atoms with E-state index in [1.807, 2.05) is 36.4 Å². The third kappa shape index (κ3) is 4.11. The average Bonchev–Trinajstić information content (AvgIpc) is 3.56. The van der Waals surface area contributed by atoms with Gasteiger partial charge in [0.15, 0.2) is 5.79 Å². The van der Waals surface area contributed by atoms with E-state index >= 15 is 0 Å². The first kappa shape index (κ1) is 20.2. The molecule has 8 heteroatoms. The molecule has 2 aromatic rings. The van der Waals surface area contributed by atoms with Crippen molar-refractivity contribution in [2.45, 2.75) is 31.1 Å². The number of benzene rings is 1. The van der Waals surface area contributed by atoms with Crippen molar-refractivity contribution in [1.82, 2.24) is 9.91 Å². The topological polar surface area (TPSA) is 76.7 Å². The normalized spacial score (nSPS) is 23.3. The smallest absolute Gasteiger partial charge is 0.257 e. The quantitative estimate of drug-likeness (QED) is 0.733. The molecule has 3 aliphatic rings. The van der Waals surface area contributed by atoms with Crippen LogP contribution in [0, 0.1) is 0 Å². The molecular weight excluding hydrogens is 398 g/mol. The number of amides is 1. The molecule has 1 spiro atoms. The molecule has 1 atom stereocenters. The Bertz CT molecular complexity index is 925. The van der Waals surface area contributed by atoms with Gasteiger partial charge in [-0.15, -0.1) is 0 Å². The molecule has 5 rings (SSSR count). The van der Waals surface area contributed by atoms with Crippen molar-refractivity contribution < 1.29 is 23.4 Å². The number of carbonyl (C=O) groups excluding carboxylic acids is 1. The second-order valence-corrected chi connectivity index (χ2v) is 8.13. The number of piperidine rings is 1. The molecule has 1 aromatic heterocycles. The van der Waals surface area contributed by atoms with Gasteiger partial charge < -0.3 is 18.6 Å². The zero-order valence-corrected chi connectivity index (χ0v) is 17.7. The van der Waals surface area contributed by atoms with Gasteiger partial charge in [0.25, 0.3) is 5.91 Å². The van der Waals surface area contributed by atoms with Crippen molar-refractivity contribution in [3.05, 3.63) is 54.0 Å². The molecule has 2 fully saturated rings. The summed E-state index contributed by atoms with van der Waals surface area (Å²) in [7, 11) is 1.64. The van der Waals surface area contributed by atoms with Crippen LogP contribution in [0.5, 0.6) is 5.75 Å². The summed E-state index contributed by atoms with van der Waals surface area (Å²) in [6.07, 6.45) is 3.80. The molecule has 1 unspecified atom stereocenters. The predicted octanol–water partition coefficient (Wildman–Crippen LogP) is 2.80. The summed E-state index contributed by atoms with van der Waals surface area (Å²) in [5.41, 5.74) is 1.84. The second-order valence-electron chi connectivity index (χ2n) is 8.13. The minimum absolute atomic E-state index is 0.0332. The van der Waals surface area contributed by atoms with Crippen molar-refractivity contribution in [2.75, 3.05) is 40.0 Å². The Balaban J connectivity index is 1.30. The summed E-state index contributed by atoms with van der Waals surface area (Å²) < 4.78 is 22.5. The molecule has 1 aromatic carbocycles. The number of ether oxygens (including phenoxy) is 3. The highest BCUT2D eigenvalue weighted by Gasteiger charge is 2.41. The van der Waals surface area contributed by atoms with E-state index in [1.54, 1.807) is 18.4 Å². The number of carbonyl (C=O) groups is 1. The molecule has 0 aliphatic carbocycles. The third-order valence-electron chi connectivity index (χ3n) is 6.25. The number of methoxy groups -OCH3 is 1. The molecule has 4 heterocycles. The van der Waals surface area contributed by atoms with E-state index in [0.717, 1.165) is 48.7 Å². The number of nitrogens with zero attached hydrogens (tertiary/aromatic N) is 3. The maximum atomic E-state index is 13.3. The third-order valence-corrected chi connectivity index (χ3v) is 6.25. The number of furan rings is 1. The largest absolute Gasteiger partial charge is 0.497 e. The fourth-order valence-electron chi connectivity index (χ4n) is 4.50. The van der Waals surface area contributed by atoms with E-state index in [4.69, 9.17) is 23.7 Å². The Kier molecular flexibility index (Phi) is 5.52. The lowest BCUT2D eigenvalue weighted by atomic mass is 10.0. The molecule has 0 N–H and O–H groups in total. The molecule has 0 saturated carbocycles. The summed E-state index contributed by atoms with van der Waals surface area (Å²) in [5.74, 6) is 1.06. The maximum Gasteiger partial charge on any atom is 0.257 e. The van der Waals surface area contributed by atoms with Gasteiger partial charge >= 0.3 is 0 Å². The Hall–Kier alpha value is -2.68. The first-order valence-electron chi connectivity index (χ1n) is 10.7. The molecule has 2 saturated heterocycles. The Morgan fingerprint density at radius 2 is 1.90 bits per heavy atom. The lowest BCUT2D eigenvalue weighted by Gasteiger charge is -2.37. The van der Waals surface area contributed by atoms with Crippen LogP contribution in [0.1, 0.15) is 36.6 Å². The SMILES string of the molecule is COc1ccc(C2=NN(C(=O)CN3CCC4(CC3)OCCO4)C(c3ccco3)C2)cc1. The van der Waals surface area contributed by atoms with Crippen molar-refractivity contribution in [2.24, 2.45) is 5.10 Å². The van der Waals surface area contributed by atoms with Crippen LogP contribution in [-0.2, 0) is 14.3 Å². The maximum absolute atomic E-state index is 13.3. The fourth-order valence-corrected chi connectivity index (χ4v) is 4.50. The highest BCUT2D eigenvalue weighted by atomic mass is 16.7. The van der Waals surface area contributed by atoms with Crippen molar-refractivity contribution in [3.63, 3.8) is 0 Å². The molecule has 1 amide bonds. The fraction of sp³-hybridized carbons (Fsp3) is 0.478. The monoisotopic (exact) mass is 425 g/mol. The zero-order chi connectivity index (χ0) is 21.3. The van der Waals surface area contributed by atoms with Gasteiger partial charge in [0, 0.05) is 32.4 Å². The van der Waals surface area contributed by atoms with E-state index in [-0.39, 0.29) is 11.9 Å². The van der Waals surface area contributed by atoms with Crippen molar-refractivity contribution in [1.29, 1.82) is 0 Å². The summed E-state index contributed by atoms with van der Waals surface area (Å²) in [4.78, 5) is 15.4. The van der Waals surface area contributed by atoms with Gasteiger partial charge in [-0.3, -0.25) is 9.69 Å². The summed E-state index contributed by atoms with van der Waals surface area (Å²) in [5, 5.41) is 6.30. The van der Waals surface area contributed by atoms with Crippen LogP contribution in [0.15, 0.2) is 52.2 Å². The minimum atomic E-state index is -0.441. The second kappa shape index (κ2) is 8.45. The number of rotatable bonds is 5. The van der Waals surface area contributed by atoms with Gasteiger partial charge in [0.2, 0.25) is 0 Å². The molecule has 31 heavy (non-hydrogen) atoms. The number of likely N-dealkylation sites (tertiary alicyclic amines) is 1. The van der Waals surface area contributed by atoms with Gasteiger partial charge in [0.05, 0.1) is 38.8 Å². The van der Waals surface area contributed by atoms with E-state index in [1.165, 1.54) is 0 Å². The molecule has 3 aliphatic heterocycles. The molecule has 0 bridgehead atoms. The first-order chi connectivity index (χ1) is 15.2. The van der Waals surface area contributed by atoms with Gasteiger partial charge in [-0.25, -0.2) is 5.01 Å². The number of hydrogen-bond donors (Lipinski definition) is 0. The van der Waals surface area contributed by atoms with Gasteiger partial charge in [-0.2, -0.15) is 5.10 Å². The highest BCUT2D eigenvalue weighted by Crippen LogP contribution is 2.34. The first-order valence-corrected chi connectivity index (χ1v) is 10.7. The van der Waals surface area contributed by atoms with Crippen LogP contribution in [0.3, 0.4) is 0 Å². The van der Waals surface area contributed by atoms with Crippen molar-refractivity contribution >= 4 is 11.6 Å². The van der Waals surface area contributed by atoms with Crippen LogP contribution >= 0.6 is 0 Å². The van der Waals surface area contributed by atoms with E-state index in [9.17, 15) is 4.79 Å². The number of hydrazone groups is 1. The Morgan fingerprint density at radius 1 is 1.16 bits per heavy atom. The van der Waals surface area contributed by atoms with Crippen LogP contribution in [0.25, 0.3) is 0 Å². The molecule has 164 valence electrons. The zero-order valence-electron chi connectivity index (χ0n) is 17.7. The number of hydrogen-bond acceptors (Lipinski definition) is 7. The lowest BCUT2D eigenvalue weighted by Crippen LogP contribution is -2.48. The van der Waals surface area contributed by atoms with E-state index in [0.29, 0.717) is 26.2 Å². The van der Waals surface area contributed by atoms with Crippen LogP contribution in [0.4, 0.5) is 0 Å². The summed E-state index contributed by atoms with van der Waals surface area (Å²) in [6.45, 7) is 3.15. The van der Waals surface area contributed by atoms with Gasteiger partial charge in [0.1, 0.15) is 17.6 Å². The predicted molar refractivity (Wildman–Crippen MR) is 113 cm³/mol. The molecule has 8 nitrogen and oxygen atoms in total. The minimum Gasteiger partial charge on any atom is -0.497 e. The Labute approximate surface area is 181 Å². The van der Waals surface area contributed by atoms with E-state index < -0.39 is 5.79 Å². The van der Waals surface area contributed by atoms with E-state index in [2.05, 4.69) is 4.90 Å². The molecular formula is C23H27N3O5. The Morgan fingerprint density at radius 3 is 2.55 bits per heavy atom. The van der Waals surface area contributed by atoms with Crippen LogP contribution in [-0.4, -0.2) is 67.3 Å². The lowest BCUT2D eigenvalue weighted by molar-refractivity contribution is -0.186. The molecule has 0 radical (unpaired) electrons. The van der Waals surface area contributed by atoms with Gasteiger partial charge in [-0.1, -0.05) is 0 Å². The summed E-state index contributed by atoms with van der Waals surface area (Å²) >= 11 is 0.